The monoisotopic (exact) mass is 595 g/mol. The molecule has 2 saturated heterocycles. The topological polar surface area (TPSA) is 133 Å². The van der Waals surface area contributed by atoms with Crippen LogP contribution >= 0.6 is 0 Å². The zero-order valence-electron chi connectivity index (χ0n) is 23.3. The van der Waals surface area contributed by atoms with Crippen molar-refractivity contribution < 1.29 is 32.3 Å². The van der Waals surface area contributed by atoms with Crippen LogP contribution < -0.4 is 10.6 Å². The maximum atomic E-state index is 14.6. The van der Waals surface area contributed by atoms with Gasteiger partial charge in [0.1, 0.15) is 6.04 Å². The average Bonchev–Trinajstić information content (AvgIpc) is 3.72. The summed E-state index contributed by atoms with van der Waals surface area (Å²) in [5.74, 6) is -2.02. The predicted octanol–water partition coefficient (Wildman–Crippen LogP) is 2.40. The van der Waals surface area contributed by atoms with Gasteiger partial charge in [-0.2, -0.15) is 4.39 Å². The molecule has 2 aromatic rings. The van der Waals surface area contributed by atoms with Crippen molar-refractivity contribution in [3.63, 3.8) is 0 Å². The molecular formula is C31H34FN3O6S. The molecule has 0 aromatic heterocycles. The van der Waals surface area contributed by atoms with Crippen molar-refractivity contribution in [2.45, 2.75) is 49.8 Å². The molecule has 2 aromatic carbocycles. The lowest BCUT2D eigenvalue weighted by Gasteiger charge is -2.34. The third-order valence-electron chi connectivity index (χ3n) is 9.37. The summed E-state index contributed by atoms with van der Waals surface area (Å²) in [6, 6.07) is 12.3. The van der Waals surface area contributed by atoms with E-state index in [2.05, 4.69) is 10.6 Å². The summed E-state index contributed by atoms with van der Waals surface area (Å²) in [6.45, 7) is 0.732. The van der Waals surface area contributed by atoms with Gasteiger partial charge in [0.05, 0.1) is 6.04 Å². The minimum Gasteiger partial charge on any atom is -0.372 e. The van der Waals surface area contributed by atoms with Gasteiger partial charge in [-0.25, -0.2) is 8.42 Å². The number of carbonyl (C=O) groups is 3. The Bertz CT molecular complexity index is 1540. The van der Waals surface area contributed by atoms with Crippen LogP contribution in [0.3, 0.4) is 0 Å². The van der Waals surface area contributed by atoms with Gasteiger partial charge in [-0.15, -0.1) is 0 Å². The summed E-state index contributed by atoms with van der Waals surface area (Å²) < 4.78 is 38.4. The van der Waals surface area contributed by atoms with Crippen LogP contribution in [0.1, 0.15) is 43.2 Å². The van der Waals surface area contributed by atoms with E-state index in [-0.39, 0.29) is 30.7 Å². The molecule has 9 nitrogen and oxygen atoms in total. The lowest BCUT2D eigenvalue weighted by molar-refractivity contribution is -0.152. The lowest BCUT2D eigenvalue weighted by atomic mass is 9.88. The van der Waals surface area contributed by atoms with Gasteiger partial charge in [-0.3, -0.25) is 14.4 Å². The molecule has 42 heavy (non-hydrogen) atoms. The number of carbonyl (C=O) groups excluding carboxylic acids is 3. The molecule has 6 rings (SSSR count). The molecule has 5 atom stereocenters. The van der Waals surface area contributed by atoms with Gasteiger partial charge in [0, 0.05) is 36.4 Å². The predicted molar refractivity (Wildman–Crippen MR) is 153 cm³/mol. The number of sulfone groups is 1. The second-order valence-electron chi connectivity index (χ2n) is 11.9. The van der Waals surface area contributed by atoms with Crippen molar-refractivity contribution in [2.24, 2.45) is 17.8 Å². The van der Waals surface area contributed by atoms with Gasteiger partial charge in [0.2, 0.25) is 26.8 Å². The highest BCUT2D eigenvalue weighted by Gasteiger charge is 2.56. The first-order chi connectivity index (χ1) is 20.0. The second-order valence-corrected chi connectivity index (χ2v) is 13.9. The van der Waals surface area contributed by atoms with E-state index in [1.807, 2.05) is 24.3 Å². The van der Waals surface area contributed by atoms with Crippen molar-refractivity contribution in [3.8, 4) is 11.1 Å². The standard InChI is InChI=1S/C31H34FN3O6S/c1-42(40,41)26(32)16-20(15-18-13-14-33-28(18)36)34-29(37)27-21-10-6-7-19(21)17-35(27)30(38)31(39)24-11-4-2-8-22(24)23-9-3-5-12-25(23)31/h2-5,8-9,11-12,16,18-21,27,39H,6-7,10,13-15,17H2,1H3,(H,33,36)(H,34,37)/b26-16+/t18-,19-,20-,21-,27-/m1/s1. The number of aliphatic hydroxyl groups is 1. The van der Waals surface area contributed by atoms with E-state index in [4.69, 9.17) is 0 Å². The van der Waals surface area contributed by atoms with Gasteiger partial charge >= 0.3 is 0 Å². The second kappa shape index (κ2) is 10.6. The molecule has 2 aliphatic carbocycles. The zero-order valence-corrected chi connectivity index (χ0v) is 24.1. The highest BCUT2D eigenvalue weighted by molar-refractivity contribution is 7.94. The lowest BCUT2D eigenvalue weighted by Crippen LogP contribution is -2.55. The van der Waals surface area contributed by atoms with Crippen LogP contribution in [0.4, 0.5) is 4.39 Å². The molecule has 222 valence electrons. The number of nitrogens with zero attached hydrogens (tertiary/aromatic N) is 1. The van der Waals surface area contributed by atoms with Gasteiger partial charge in [-0.1, -0.05) is 55.0 Å². The number of hydrogen-bond acceptors (Lipinski definition) is 6. The third-order valence-corrected chi connectivity index (χ3v) is 10.2. The van der Waals surface area contributed by atoms with E-state index in [1.165, 1.54) is 4.90 Å². The average molecular weight is 596 g/mol. The highest BCUT2D eigenvalue weighted by atomic mass is 32.2. The smallest absolute Gasteiger partial charge is 0.264 e. The van der Waals surface area contributed by atoms with Crippen LogP contribution in [0.5, 0.6) is 0 Å². The SMILES string of the molecule is CS(=O)(=O)/C(F)=C/[C@@H](C[C@H]1CCNC1=O)NC(=O)[C@H]1[C@@H]2CCC[C@@H]2CN1C(=O)C1(O)c2ccccc2-c2ccccc21. The number of rotatable bonds is 7. The Kier molecular flexibility index (Phi) is 7.21. The van der Waals surface area contributed by atoms with E-state index >= 15 is 0 Å². The summed E-state index contributed by atoms with van der Waals surface area (Å²) in [4.78, 5) is 42.2. The number of fused-ring (bicyclic) bond motifs is 4. The van der Waals surface area contributed by atoms with Crippen LogP contribution in [-0.2, 0) is 29.8 Å². The maximum absolute atomic E-state index is 14.6. The summed E-state index contributed by atoms with van der Waals surface area (Å²) >= 11 is 0. The van der Waals surface area contributed by atoms with E-state index in [9.17, 15) is 32.3 Å². The molecule has 0 unspecified atom stereocenters. The quantitative estimate of drug-likeness (QED) is 0.451. The first-order valence-corrected chi connectivity index (χ1v) is 16.3. The molecule has 11 heteroatoms. The minimum absolute atomic E-state index is 0.0139. The van der Waals surface area contributed by atoms with E-state index in [1.54, 1.807) is 24.3 Å². The first kappa shape index (κ1) is 28.5. The first-order valence-electron chi connectivity index (χ1n) is 14.4. The van der Waals surface area contributed by atoms with Crippen molar-refractivity contribution in [2.75, 3.05) is 19.3 Å². The summed E-state index contributed by atoms with van der Waals surface area (Å²) in [5, 5.41) is 16.3. The summed E-state index contributed by atoms with van der Waals surface area (Å²) in [6.07, 6.45) is 4.50. The maximum Gasteiger partial charge on any atom is 0.264 e. The molecule has 3 fully saturated rings. The molecule has 2 aliphatic heterocycles. The van der Waals surface area contributed by atoms with Crippen LogP contribution in [-0.4, -0.2) is 67.6 Å². The fourth-order valence-electron chi connectivity index (χ4n) is 7.40. The zero-order chi connectivity index (χ0) is 29.8. The molecule has 0 radical (unpaired) electrons. The Morgan fingerprint density at radius 1 is 1.12 bits per heavy atom. The molecule has 4 aliphatic rings. The van der Waals surface area contributed by atoms with Crippen molar-refractivity contribution in [1.82, 2.24) is 15.5 Å². The Morgan fingerprint density at radius 2 is 1.76 bits per heavy atom. The van der Waals surface area contributed by atoms with E-state index in [0.29, 0.717) is 30.5 Å². The van der Waals surface area contributed by atoms with E-state index in [0.717, 1.165) is 36.3 Å². The summed E-state index contributed by atoms with van der Waals surface area (Å²) in [5.41, 5.74) is 0.418. The van der Waals surface area contributed by atoms with Crippen LogP contribution in [0.2, 0.25) is 0 Å². The van der Waals surface area contributed by atoms with E-state index < -0.39 is 50.4 Å². The van der Waals surface area contributed by atoms with Crippen LogP contribution in [0, 0.1) is 17.8 Å². The molecule has 1 saturated carbocycles. The van der Waals surface area contributed by atoms with Gasteiger partial charge in [0.15, 0.2) is 5.60 Å². The third kappa shape index (κ3) is 4.72. The molecule has 0 bridgehead atoms. The number of halogens is 1. The largest absolute Gasteiger partial charge is 0.372 e. The molecule has 0 spiro atoms. The van der Waals surface area contributed by atoms with Crippen LogP contribution in [0.15, 0.2) is 59.8 Å². The van der Waals surface area contributed by atoms with Crippen LogP contribution in [0.25, 0.3) is 11.1 Å². The van der Waals surface area contributed by atoms with Crippen molar-refractivity contribution in [1.29, 1.82) is 0 Å². The van der Waals surface area contributed by atoms with Gasteiger partial charge in [-0.05, 0) is 54.7 Å². The Labute approximate surface area is 244 Å². The Hall–Kier alpha value is -3.57. The number of likely N-dealkylation sites (tertiary alicyclic amines) is 1. The number of benzene rings is 2. The molecule has 3 N–H and O–H groups in total. The fraction of sp³-hybridized carbons (Fsp3) is 0.452. The Balaban J connectivity index is 1.34. The Morgan fingerprint density at radius 3 is 2.36 bits per heavy atom. The number of amides is 3. The fourth-order valence-corrected chi connectivity index (χ4v) is 7.81. The normalized spacial score (nSPS) is 26.8. The van der Waals surface area contributed by atoms with Gasteiger partial charge in [0.25, 0.3) is 5.91 Å². The van der Waals surface area contributed by atoms with Crippen molar-refractivity contribution in [3.05, 3.63) is 70.9 Å². The number of hydrogen-bond donors (Lipinski definition) is 3. The molecule has 3 amide bonds. The van der Waals surface area contributed by atoms with Crippen molar-refractivity contribution >= 4 is 27.6 Å². The molecule has 2 heterocycles. The highest BCUT2D eigenvalue weighted by Crippen LogP contribution is 2.50. The van der Waals surface area contributed by atoms with Gasteiger partial charge < -0.3 is 20.6 Å². The molecular weight excluding hydrogens is 561 g/mol. The minimum atomic E-state index is -4.17. The summed E-state index contributed by atoms with van der Waals surface area (Å²) in [7, 11) is -4.17. The number of nitrogens with one attached hydrogen (secondary N) is 2.